The normalized spacial score (nSPS) is 24.7. The maximum absolute atomic E-state index is 13.1. The molecule has 2 aliphatic carbocycles. The lowest BCUT2D eigenvalue weighted by atomic mass is 9.88. The molecule has 6 rings (SSSR count). The fraction of sp³-hybridized carbons (Fsp3) is 0.400. The molecule has 0 radical (unpaired) electrons. The van der Waals surface area contributed by atoms with Crippen LogP contribution in [0.4, 0.5) is 5.69 Å². The fourth-order valence-electron chi connectivity index (χ4n) is 6.63. The van der Waals surface area contributed by atoms with E-state index in [9.17, 15) is 8.42 Å². The van der Waals surface area contributed by atoms with Gasteiger partial charge in [-0.3, -0.25) is 0 Å². The number of rotatable bonds is 5. The lowest BCUT2D eigenvalue weighted by Gasteiger charge is -2.34. The lowest BCUT2D eigenvalue weighted by molar-refractivity contribution is 0.386. The van der Waals surface area contributed by atoms with Crippen LogP contribution in [0.1, 0.15) is 48.3 Å². The summed E-state index contributed by atoms with van der Waals surface area (Å²) in [5.74, 6) is 1.38. The highest BCUT2D eigenvalue weighted by Crippen LogP contribution is 2.42. The molecule has 0 spiro atoms. The lowest BCUT2D eigenvalue weighted by Crippen LogP contribution is -2.41. The van der Waals surface area contributed by atoms with E-state index in [0.717, 1.165) is 38.8 Å². The predicted octanol–water partition coefficient (Wildman–Crippen LogP) is 5.54. The average Bonchev–Trinajstić information content (AvgIpc) is 3.17. The molecule has 182 valence electrons. The zero-order chi connectivity index (χ0) is 23.8. The molecule has 1 N–H and O–H groups in total. The van der Waals surface area contributed by atoms with Crippen molar-refractivity contribution in [3.8, 4) is 0 Å². The van der Waals surface area contributed by atoms with Crippen molar-refractivity contribution in [3.05, 3.63) is 95.6 Å². The third-order valence-corrected chi connectivity index (χ3v) is 10.0. The van der Waals surface area contributed by atoms with Crippen LogP contribution in [-0.2, 0) is 22.9 Å². The Kier molecular flexibility index (Phi) is 6.15. The number of anilines is 1. The Hall–Kier alpha value is -2.63. The minimum Gasteiger partial charge on any atom is -0.371 e. The summed E-state index contributed by atoms with van der Waals surface area (Å²) >= 11 is 0. The average molecular weight is 487 g/mol. The van der Waals surface area contributed by atoms with Crippen LogP contribution >= 0.6 is 0 Å². The van der Waals surface area contributed by atoms with Gasteiger partial charge in [-0.2, -0.15) is 0 Å². The Morgan fingerprint density at radius 1 is 0.714 bits per heavy atom. The smallest absolute Gasteiger partial charge is 0.240 e. The highest BCUT2D eigenvalue weighted by molar-refractivity contribution is 7.89. The number of piperidine rings is 1. The zero-order valence-corrected chi connectivity index (χ0v) is 21.0. The van der Waals surface area contributed by atoms with E-state index >= 15 is 0 Å². The molecule has 4 nitrogen and oxygen atoms in total. The van der Waals surface area contributed by atoms with Crippen molar-refractivity contribution in [1.29, 1.82) is 0 Å². The van der Waals surface area contributed by atoms with Crippen molar-refractivity contribution in [2.24, 2.45) is 11.8 Å². The van der Waals surface area contributed by atoms with Crippen LogP contribution < -0.4 is 9.62 Å². The number of benzene rings is 3. The molecule has 5 heteroatoms. The summed E-state index contributed by atoms with van der Waals surface area (Å²) in [6, 6.07) is 26.7. The van der Waals surface area contributed by atoms with Gasteiger partial charge in [-0.25, -0.2) is 13.1 Å². The van der Waals surface area contributed by atoms with Crippen LogP contribution in [0.25, 0.3) is 0 Å². The van der Waals surface area contributed by atoms with Crippen molar-refractivity contribution in [2.45, 2.75) is 55.4 Å². The van der Waals surface area contributed by atoms with E-state index in [1.54, 1.807) is 24.3 Å². The predicted molar refractivity (Wildman–Crippen MR) is 141 cm³/mol. The maximum Gasteiger partial charge on any atom is 0.240 e. The van der Waals surface area contributed by atoms with E-state index in [0.29, 0.717) is 22.6 Å². The van der Waals surface area contributed by atoms with E-state index in [1.165, 1.54) is 35.2 Å². The second-order valence-corrected chi connectivity index (χ2v) is 12.3. The summed E-state index contributed by atoms with van der Waals surface area (Å²) in [7, 11) is -3.50. The maximum atomic E-state index is 13.1. The summed E-state index contributed by atoms with van der Waals surface area (Å²) in [6.45, 7) is 2.17. The first-order valence-electron chi connectivity index (χ1n) is 13.1. The Morgan fingerprint density at radius 3 is 2.03 bits per heavy atom. The summed E-state index contributed by atoms with van der Waals surface area (Å²) in [5.41, 5.74) is 5.62. The van der Waals surface area contributed by atoms with E-state index in [2.05, 4.69) is 58.2 Å². The Balaban J connectivity index is 1.16. The van der Waals surface area contributed by atoms with Crippen LogP contribution in [0.2, 0.25) is 0 Å². The SMILES string of the molecule is O=S(=O)(NC1C2CCC1Cc1cc(N3CCC(c4ccccc4)CC3)ccc1C2)c1ccccc1. The zero-order valence-electron chi connectivity index (χ0n) is 20.1. The highest BCUT2D eigenvalue weighted by atomic mass is 32.2. The number of fused-ring (bicyclic) bond motifs is 3. The first-order valence-corrected chi connectivity index (χ1v) is 14.5. The minimum atomic E-state index is -3.50. The molecule has 35 heavy (non-hydrogen) atoms. The van der Waals surface area contributed by atoms with Gasteiger partial charge in [0, 0.05) is 24.8 Å². The number of sulfonamides is 1. The van der Waals surface area contributed by atoms with Crippen LogP contribution in [-0.4, -0.2) is 27.5 Å². The molecular weight excluding hydrogens is 452 g/mol. The van der Waals surface area contributed by atoms with Crippen LogP contribution in [0.15, 0.2) is 83.8 Å². The van der Waals surface area contributed by atoms with Gasteiger partial charge in [0.25, 0.3) is 0 Å². The van der Waals surface area contributed by atoms with E-state index in [1.807, 2.05) is 6.07 Å². The number of hydrogen-bond acceptors (Lipinski definition) is 3. The van der Waals surface area contributed by atoms with Crippen molar-refractivity contribution >= 4 is 15.7 Å². The van der Waals surface area contributed by atoms with Gasteiger partial charge in [0.1, 0.15) is 0 Å². The molecule has 1 saturated heterocycles. The summed E-state index contributed by atoms with van der Waals surface area (Å²) in [4.78, 5) is 2.90. The monoisotopic (exact) mass is 486 g/mol. The number of hydrogen-bond donors (Lipinski definition) is 1. The van der Waals surface area contributed by atoms with Crippen LogP contribution in [0, 0.1) is 11.8 Å². The summed E-state index contributed by atoms with van der Waals surface area (Å²) in [6.07, 6.45) is 6.50. The molecule has 1 heterocycles. The van der Waals surface area contributed by atoms with Gasteiger partial charge < -0.3 is 4.90 Å². The topological polar surface area (TPSA) is 49.4 Å². The molecule has 2 fully saturated rings. The number of nitrogens with one attached hydrogen (secondary N) is 1. The molecule has 3 aromatic rings. The standard InChI is InChI=1S/C30H34N2O2S/c33-35(34,29-9-5-2-6-10-29)31-30-25-11-12-26(30)20-27-21-28(14-13-24(27)19-25)32-17-15-23(16-18-32)22-7-3-1-4-8-22/h1-10,13-14,21,23,25-26,30-31H,11-12,15-20H2. The van der Waals surface area contributed by atoms with Crippen molar-refractivity contribution in [2.75, 3.05) is 18.0 Å². The van der Waals surface area contributed by atoms with E-state index in [-0.39, 0.29) is 6.04 Å². The minimum absolute atomic E-state index is 0.0117. The Bertz CT molecular complexity index is 1270. The van der Waals surface area contributed by atoms with Gasteiger partial charge in [-0.1, -0.05) is 54.6 Å². The Labute approximate surface area is 209 Å². The second kappa shape index (κ2) is 9.44. The molecule has 3 atom stereocenters. The first kappa shape index (κ1) is 22.8. The van der Waals surface area contributed by atoms with Gasteiger partial charge in [0.2, 0.25) is 10.0 Å². The molecule has 1 aliphatic heterocycles. The van der Waals surface area contributed by atoms with Gasteiger partial charge in [-0.05, 0) is 97.2 Å². The van der Waals surface area contributed by atoms with Crippen LogP contribution in [0.5, 0.6) is 0 Å². The van der Waals surface area contributed by atoms with E-state index in [4.69, 9.17) is 0 Å². The van der Waals surface area contributed by atoms with Crippen molar-refractivity contribution in [3.63, 3.8) is 0 Å². The highest BCUT2D eigenvalue weighted by Gasteiger charge is 2.41. The molecule has 1 saturated carbocycles. The molecule has 0 amide bonds. The summed E-state index contributed by atoms with van der Waals surface area (Å²) < 4.78 is 29.3. The number of nitrogens with zero attached hydrogens (tertiary/aromatic N) is 1. The molecule has 2 bridgehead atoms. The van der Waals surface area contributed by atoms with Crippen molar-refractivity contribution < 1.29 is 8.42 Å². The molecule has 0 aromatic heterocycles. The largest absolute Gasteiger partial charge is 0.371 e. The van der Waals surface area contributed by atoms with Gasteiger partial charge in [-0.15, -0.1) is 0 Å². The molecule has 3 aliphatic rings. The fourth-order valence-corrected chi connectivity index (χ4v) is 8.02. The molecule has 3 unspecified atom stereocenters. The quantitative estimate of drug-likeness (QED) is 0.515. The third-order valence-electron chi connectivity index (χ3n) is 8.55. The van der Waals surface area contributed by atoms with Gasteiger partial charge in [0.15, 0.2) is 0 Å². The van der Waals surface area contributed by atoms with Crippen LogP contribution in [0.3, 0.4) is 0 Å². The second-order valence-electron chi connectivity index (χ2n) is 10.6. The summed E-state index contributed by atoms with van der Waals surface area (Å²) in [5, 5.41) is 0. The Morgan fingerprint density at radius 2 is 1.34 bits per heavy atom. The third kappa shape index (κ3) is 4.64. The van der Waals surface area contributed by atoms with Gasteiger partial charge >= 0.3 is 0 Å². The molecular formula is C30H34N2O2S. The first-order chi connectivity index (χ1) is 17.1. The van der Waals surface area contributed by atoms with Crippen molar-refractivity contribution in [1.82, 2.24) is 4.72 Å². The van der Waals surface area contributed by atoms with E-state index < -0.39 is 10.0 Å². The van der Waals surface area contributed by atoms with Gasteiger partial charge in [0.05, 0.1) is 4.90 Å². The molecule has 3 aromatic carbocycles.